The van der Waals surface area contributed by atoms with Crippen molar-refractivity contribution in [1.29, 1.82) is 0 Å². The number of β-amino-alcohol motifs (C(OH)–C–C–N with tert-alkyl or cyclic N) is 1. The highest BCUT2D eigenvalue weighted by Gasteiger charge is 2.26. The van der Waals surface area contributed by atoms with Gasteiger partial charge in [0, 0.05) is 38.3 Å². The Hall–Kier alpha value is -1.63. The zero-order valence-corrected chi connectivity index (χ0v) is 17.1. The van der Waals surface area contributed by atoms with E-state index in [-0.39, 0.29) is 18.1 Å². The van der Waals surface area contributed by atoms with Gasteiger partial charge in [0.1, 0.15) is 5.75 Å². The van der Waals surface area contributed by atoms with Crippen LogP contribution < -0.4 is 4.74 Å². The van der Waals surface area contributed by atoms with Gasteiger partial charge in [-0.1, -0.05) is 20.8 Å². The van der Waals surface area contributed by atoms with Crippen molar-refractivity contribution in [3.63, 3.8) is 0 Å². The second-order valence-electron chi connectivity index (χ2n) is 7.65. The van der Waals surface area contributed by atoms with Crippen LogP contribution in [0.15, 0.2) is 24.3 Å². The van der Waals surface area contributed by atoms with Crippen molar-refractivity contribution in [2.45, 2.75) is 39.4 Å². The van der Waals surface area contributed by atoms with E-state index in [0.717, 1.165) is 25.3 Å². The number of methoxy groups -OCH3 is 1. The Kier molecular flexibility index (Phi) is 8.54. The monoisotopic (exact) mass is 378 g/mol. The Morgan fingerprint density at radius 3 is 2.67 bits per heavy atom. The maximum absolute atomic E-state index is 13.0. The summed E-state index contributed by atoms with van der Waals surface area (Å²) in [5.41, 5.74) is 0.658. The van der Waals surface area contributed by atoms with Crippen LogP contribution in [0.5, 0.6) is 5.75 Å². The Morgan fingerprint density at radius 1 is 1.37 bits per heavy atom. The van der Waals surface area contributed by atoms with Crippen LogP contribution in [0, 0.1) is 5.92 Å². The molecular formula is C21H34N2O4. The molecule has 152 valence electrons. The van der Waals surface area contributed by atoms with Gasteiger partial charge in [0.15, 0.2) is 0 Å². The summed E-state index contributed by atoms with van der Waals surface area (Å²) in [6.07, 6.45) is 0.400. The van der Waals surface area contributed by atoms with Gasteiger partial charge in [-0.3, -0.25) is 9.69 Å². The average Bonchev–Trinajstić information content (AvgIpc) is 2.67. The molecule has 1 heterocycles. The topological polar surface area (TPSA) is 62.2 Å². The summed E-state index contributed by atoms with van der Waals surface area (Å²) in [7, 11) is 1.61. The lowest BCUT2D eigenvalue weighted by Crippen LogP contribution is -2.50. The van der Waals surface area contributed by atoms with Gasteiger partial charge in [0.05, 0.1) is 25.9 Å². The predicted molar refractivity (Wildman–Crippen MR) is 106 cm³/mol. The molecule has 27 heavy (non-hydrogen) atoms. The Labute approximate surface area is 163 Å². The first-order valence-electron chi connectivity index (χ1n) is 9.88. The molecule has 0 saturated carbocycles. The summed E-state index contributed by atoms with van der Waals surface area (Å²) >= 11 is 0. The van der Waals surface area contributed by atoms with Crippen LogP contribution >= 0.6 is 0 Å². The molecule has 0 radical (unpaired) electrons. The minimum absolute atomic E-state index is 0.0145. The summed E-state index contributed by atoms with van der Waals surface area (Å²) in [4.78, 5) is 17.2. The Morgan fingerprint density at radius 2 is 2.07 bits per heavy atom. The van der Waals surface area contributed by atoms with Crippen molar-refractivity contribution in [2.24, 2.45) is 5.92 Å². The third-order valence-corrected chi connectivity index (χ3v) is 4.80. The molecule has 0 aromatic heterocycles. The number of hydrogen-bond donors (Lipinski definition) is 1. The molecule has 0 bridgehead atoms. The highest BCUT2D eigenvalue weighted by Crippen LogP contribution is 2.16. The van der Waals surface area contributed by atoms with Crippen LogP contribution in [0.1, 0.15) is 37.6 Å². The zero-order valence-electron chi connectivity index (χ0n) is 17.1. The number of carbonyl (C=O) groups is 1. The van der Waals surface area contributed by atoms with Crippen LogP contribution in [0.4, 0.5) is 0 Å². The largest absolute Gasteiger partial charge is 0.497 e. The lowest BCUT2D eigenvalue weighted by molar-refractivity contribution is -0.0513. The third-order valence-electron chi connectivity index (χ3n) is 4.80. The molecule has 0 unspecified atom stereocenters. The van der Waals surface area contributed by atoms with Crippen molar-refractivity contribution in [1.82, 2.24) is 9.80 Å². The number of hydrogen-bond acceptors (Lipinski definition) is 5. The number of amides is 1. The van der Waals surface area contributed by atoms with Crippen molar-refractivity contribution in [3.8, 4) is 5.75 Å². The van der Waals surface area contributed by atoms with Gasteiger partial charge in [-0.15, -0.1) is 0 Å². The molecular weight excluding hydrogens is 344 g/mol. The maximum Gasteiger partial charge on any atom is 0.253 e. The van der Waals surface area contributed by atoms with Gasteiger partial charge in [0.25, 0.3) is 5.91 Å². The molecule has 1 aliphatic heterocycles. The first-order chi connectivity index (χ1) is 12.9. The average molecular weight is 379 g/mol. The smallest absolute Gasteiger partial charge is 0.253 e. The van der Waals surface area contributed by atoms with E-state index in [2.05, 4.69) is 18.7 Å². The molecule has 0 aliphatic carbocycles. The first-order valence-corrected chi connectivity index (χ1v) is 9.88. The number of benzene rings is 1. The number of carbonyl (C=O) groups excluding carboxylic acids is 1. The molecule has 1 amide bonds. The molecule has 2 rings (SSSR count). The summed E-state index contributed by atoms with van der Waals surface area (Å²) in [6.45, 7) is 10.3. The number of aliphatic hydroxyl groups is 1. The summed E-state index contributed by atoms with van der Waals surface area (Å²) in [6, 6.07) is 7.23. The van der Waals surface area contributed by atoms with Crippen molar-refractivity contribution >= 4 is 5.91 Å². The number of ether oxygens (including phenoxy) is 2. The molecule has 1 aliphatic rings. The van der Waals surface area contributed by atoms with Crippen LogP contribution in [0.3, 0.4) is 0 Å². The number of nitrogens with zero attached hydrogens (tertiary/aromatic N) is 2. The van der Waals surface area contributed by atoms with E-state index in [1.807, 2.05) is 24.0 Å². The summed E-state index contributed by atoms with van der Waals surface area (Å²) in [5, 5.41) is 9.92. The maximum atomic E-state index is 13.0. The molecule has 1 saturated heterocycles. The minimum atomic E-state index is -0.309. The SMILES string of the molecule is CC[C@H](O)CN1CCO[C@@H](CN(CC(C)C)C(=O)c2ccc(OC)cc2)C1. The van der Waals surface area contributed by atoms with Gasteiger partial charge in [-0.05, 0) is 36.6 Å². The van der Waals surface area contributed by atoms with E-state index < -0.39 is 0 Å². The number of aliphatic hydroxyl groups excluding tert-OH is 1. The van der Waals surface area contributed by atoms with Gasteiger partial charge >= 0.3 is 0 Å². The second-order valence-corrected chi connectivity index (χ2v) is 7.65. The summed E-state index contributed by atoms with van der Waals surface area (Å²) in [5.74, 6) is 1.12. The van der Waals surface area contributed by atoms with Gasteiger partial charge < -0.3 is 19.5 Å². The lowest BCUT2D eigenvalue weighted by Gasteiger charge is -2.37. The fourth-order valence-electron chi connectivity index (χ4n) is 3.33. The van der Waals surface area contributed by atoms with Crippen molar-refractivity contribution in [3.05, 3.63) is 29.8 Å². The van der Waals surface area contributed by atoms with E-state index in [1.165, 1.54) is 0 Å². The van der Waals surface area contributed by atoms with E-state index in [4.69, 9.17) is 9.47 Å². The molecule has 1 fully saturated rings. The highest BCUT2D eigenvalue weighted by atomic mass is 16.5. The van der Waals surface area contributed by atoms with Gasteiger partial charge in [0.2, 0.25) is 0 Å². The van der Waals surface area contributed by atoms with Crippen molar-refractivity contribution in [2.75, 3.05) is 46.4 Å². The number of morpholine rings is 1. The van der Waals surface area contributed by atoms with Crippen LogP contribution in [0.25, 0.3) is 0 Å². The third kappa shape index (κ3) is 6.79. The zero-order chi connectivity index (χ0) is 19.8. The Balaban J connectivity index is 2.03. The fraction of sp³-hybridized carbons (Fsp3) is 0.667. The molecule has 6 nitrogen and oxygen atoms in total. The van der Waals surface area contributed by atoms with E-state index >= 15 is 0 Å². The number of rotatable bonds is 9. The first kappa shape index (κ1) is 21.7. The van der Waals surface area contributed by atoms with Crippen molar-refractivity contribution < 1.29 is 19.4 Å². The van der Waals surface area contributed by atoms with Crippen LogP contribution in [-0.4, -0.2) is 79.5 Å². The predicted octanol–water partition coefficient (Wildman–Crippen LogP) is 2.27. The quantitative estimate of drug-likeness (QED) is 0.714. The molecule has 0 spiro atoms. The van der Waals surface area contributed by atoms with Crippen LogP contribution in [0.2, 0.25) is 0 Å². The fourth-order valence-corrected chi connectivity index (χ4v) is 3.33. The molecule has 1 aromatic carbocycles. The normalized spacial score (nSPS) is 19.1. The minimum Gasteiger partial charge on any atom is -0.497 e. The molecule has 1 aromatic rings. The summed E-state index contributed by atoms with van der Waals surface area (Å²) < 4.78 is 11.1. The molecule has 2 atom stereocenters. The Bertz CT molecular complexity index is 576. The molecule has 1 N–H and O–H groups in total. The highest BCUT2D eigenvalue weighted by molar-refractivity contribution is 5.94. The van der Waals surface area contributed by atoms with E-state index in [1.54, 1.807) is 19.2 Å². The lowest BCUT2D eigenvalue weighted by atomic mass is 10.1. The van der Waals surface area contributed by atoms with Gasteiger partial charge in [-0.2, -0.15) is 0 Å². The van der Waals surface area contributed by atoms with Crippen LogP contribution in [-0.2, 0) is 4.74 Å². The second kappa shape index (κ2) is 10.6. The standard InChI is InChI=1S/C21H34N2O4/c1-5-18(24)13-22-10-11-27-20(14-22)15-23(12-16(2)3)21(25)17-6-8-19(26-4)9-7-17/h6-9,16,18,20,24H,5,10-15H2,1-4H3/t18-,20+/m0/s1. The molecule has 6 heteroatoms. The van der Waals surface area contributed by atoms with E-state index in [9.17, 15) is 9.90 Å². The van der Waals surface area contributed by atoms with Gasteiger partial charge in [-0.25, -0.2) is 0 Å². The van der Waals surface area contributed by atoms with E-state index in [0.29, 0.717) is 37.7 Å².